The Morgan fingerprint density at radius 2 is 2.22 bits per heavy atom. The smallest absolute Gasteiger partial charge is 0.317 e. The number of para-hydroxylation sites is 1. The van der Waals surface area contributed by atoms with Gasteiger partial charge in [0.2, 0.25) is 0 Å². The number of carbonyl (C=O) groups is 1. The number of hydrogen-bond acceptors (Lipinski definition) is 4. The lowest BCUT2D eigenvalue weighted by Crippen LogP contribution is -2.43. The van der Waals surface area contributed by atoms with Crippen molar-refractivity contribution in [3.05, 3.63) is 46.2 Å². The van der Waals surface area contributed by atoms with Gasteiger partial charge in [-0.25, -0.2) is 14.2 Å². The first-order valence-electron chi connectivity index (χ1n) is 7.25. The third-order valence-corrected chi connectivity index (χ3v) is 3.93. The summed E-state index contributed by atoms with van der Waals surface area (Å²) in [6.07, 6.45) is 0. The molecule has 0 aliphatic carbocycles. The predicted octanol–water partition coefficient (Wildman–Crippen LogP) is 3.20. The maximum Gasteiger partial charge on any atom is 0.317 e. The van der Waals surface area contributed by atoms with Crippen LogP contribution >= 0.6 is 11.3 Å². The van der Waals surface area contributed by atoms with Crippen LogP contribution in [-0.4, -0.2) is 35.6 Å². The van der Waals surface area contributed by atoms with Crippen molar-refractivity contribution in [1.82, 2.24) is 15.2 Å². The van der Waals surface area contributed by atoms with E-state index in [2.05, 4.69) is 10.3 Å². The van der Waals surface area contributed by atoms with Crippen molar-refractivity contribution in [3.8, 4) is 5.75 Å². The van der Waals surface area contributed by atoms with Crippen LogP contribution in [0, 0.1) is 12.7 Å². The number of carbonyl (C=O) groups excluding carboxylic acids is 1. The van der Waals surface area contributed by atoms with E-state index in [-0.39, 0.29) is 24.4 Å². The Balaban J connectivity index is 1.78. The van der Waals surface area contributed by atoms with Crippen molar-refractivity contribution >= 4 is 17.4 Å². The summed E-state index contributed by atoms with van der Waals surface area (Å²) in [5, 5.41) is 5.72. The Morgan fingerprint density at radius 3 is 2.87 bits per heavy atom. The summed E-state index contributed by atoms with van der Waals surface area (Å²) >= 11 is 1.55. The van der Waals surface area contributed by atoms with Gasteiger partial charge in [0, 0.05) is 12.4 Å². The van der Waals surface area contributed by atoms with Crippen LogP contribution in [0.25, 0.3) is 0 Å². The third kappa shape index (κ3) is 5.21. The lowest BCUT2D eigenvalue weighted by Gasteiger charge is -2.21. The first-order valence-corrected chi connectivity index (χ1v) is 8.13. The summed E-state index contributed by atoms with van der Waals surface area (Å²) in [7, 11) is 1.70. The van der Waals surface area contributed by atoms with E-state index >= 15 is 0 Å². The quantitative estimate of drug-likeness (QED) is 0.881. The summed E-state index contributed by atoms with van der Waals surface area (Å²) in [5.41, 5.74) is 0.861. The summed E-state index contributed by atoms with van der Waals surface area (Å²) < 4.78 is 18.8. The fourth-order valence-electron chi connectivity index (χ4n) is 1.93. The van der Waals surface area contributed by atoms with E-state index < -0.39 is 5.82 Å². The van der Waals surface area contributed by atoms with Gasteiger partial charge >= 0.3 is 6.03 Å². The molecule has 0 fully saturated rings. The van der Waals surface area contributed by atoms with Crippen LogP contribution in [0.2, 0.25) is 0 Å². The van der Waals surface area contributed by atoms with E-state index in [1.54, 1.807) is 48.4 Å². The van der Waals surface area contributed by atoms with Gasteiger partial charge in [0.25, 0.3) is 0 Å². The van der Waals surface area contributed by atoms with Crippen molar-refractivity contribution in [2.24, 2.45) is 0 Å². The zero-order chi connectivity index (χ0) is 16.8. The predicted molar refractivity (Wildman–Crippen MR) is 88.2 cm³/mol. The van der Waals surface area contributed by atoms with Gasteiger partial charge in [0.1, 0.15) is 6.61 Å². The normalized spacial score (nSPS) is 11.8. The number of thiazole rings is 1. The molecule has 7 heteroatoms. The van der Waals surface area contributed by atoms with E-state index in [1.807, 2.05) is 12.3 Å². The molecule has 0 aliphatic rings. The number of nitrogens with zero attached hydrogens (tertiary/aromatic N) is 2. The molecule has 2 aromatic rings. The molecule has 1 atom stereocenters. The van der Waals surface area contributed by atoms with Gasteiger partial charge in [-0.1, -0.05) is 12.1 Å². The highest BCUT2D eigenvalue weighted by molar-refractivity contribution is 7.09. The number of halogens is 1. The number of benzene rings is 1. The Morgan fingerprint density at radius 1 is 1.48 bits per heavy atom. The molecule has 1 unspecified atom stereocenters. The number of amides is 2. The SMILES string of the molecule is Cc1nc(CN(C)C(=O)NC(C)COc2ccccc2F)cs1. The van der Waals surface area contributed by atoms with Gasteiger partial charge in [-0.05, 0) is 26.0 Å². The summed E-state index contributed by atoms with van der Waals surface area (Å²) in [5.74, 6) is -0.234. The van der Waals surface area contributed by atoms with Crippen LogP contribution in [0.5, 0.6) is 5.75 Å². The van der Waals surface area contributed by atoms with E-state index in [1.165, 1.54) is 6.07 Å². The van der Waals surface area contributed by atoms with Crippen LogP contribution in [0.4, 0.5) is 9.18 Å². The Kier molecular flexibility index (Phi) is 5.92. The Bertz CT molecular complexity index is 662. The molecule has 1 aromatic carbocycles. The molecule has 1 aromatic heterocycles. The van der Waals surface area contributed by atoms with E-state index in [0.717, 1.165) is 10.7 Å². The average Bonchev–Trinajstić information content (AvgIpc) is 2.91. The number of aromatic nitrogens is 1. The molecular weight excluding hydrogens is 317 g/mol. The second-order valence-electron chi connectivity index (χ2n) is 5.31. The largest absolute Gasteiger partial charge is 0.488 e. The summed E-state index contributed by atoms with van der Waals surface area (Å²) in [6.45, 7) is 4.36. The van der Waals surface area contributed by atoms with Gasteiger partial charge in [-0.2, -0.15) is 0 Å². The van der Waals surface area contributed by atoms with Crippen molar-refractivity contribution < 1.29 is 13.9 Å². The number of ether oxygens (including phenoxy) is 1. The van der Waals surface area contributed by atoms with Gasteiger partial charge in [0.15, 0.2) is 11.6 Å². The molecule has 1 heterocycles. The maximum absolute atomic E-state index is 13.4. The number of urea groups is 1. The zero-order valence-electron chi connectivity index (χ0n) is 13.4. The summed E-state index contributed by atoms with van der Waals surface area (Å²) in [4.78, 5) is 18.0. The molecule has 23 heavy (non-hydrogen) atoms. The van der Waals surface area contributed by atoms with Crippen molar-refractivity contribution in [2.45, 2.75) is 26.4 Å². The first kappa shape index (κ1) is 17.2. The molecule has 0 aliphatic heterocycles. The topological polar surface area (TPSA) is 54.5 Å². The van der Waals surface area contributed by atoms with Gasteiger partial charge < -0.3 is 15.0 Å². The van der Waals surface area contributed by atoms with Crippen LogP contribution < -0.4 is 10.1 Å². The second-order valence-corrected chi connectivity index (χ2v) is 6.37. The number of hydrogen-bond donors (Lipinski definition) is 1. The molecule has 0 bridgehead atoms. The molecule has 0 saturated carbocycles. The lowest BCUT2D eigenvalue weighted by molar-refractivity contribution is 0.194. The van der Waals surface area contributed by atoms with Gasteiger partial charge in [0.05, 0.1) is 23.3 Å². The van der Waals surface area contributed by atoms with Crippen LogP contribution in [0.15, 0.2) is 29.6 Å². The van der Waals surface area contributed by atoms with E-state index in [0.29, 0.717) is 6.54 Å². The minimum absolute atomic E-state index is 0.180. The molecule has 0 radical (unpaired) electrons. The minimum Gasteiger partial charge on any atom is -0.488 e. The van der Waals surface area contributed by atoms with Crippen LogP contribution in [0.1, 0.15) is 17.6 Å². The van der Waals surface area contributed by atoms with Gasteiger partial charge in [-0.15, -0.1) is 11.3 Å². The van der Waals surface area contributed by atoms with Crippen molar-refractivity contribution in [2.75, 3.05) is 13.7 Å². The molecule has 1 N–H and O–H groups in total. The van der Waals surface area contributed by atoms with Crippen LogP contribution in [-0.2, 0) is 6.54 Å². The Labute approximate surface area is 139 Å². The molecule has 0 spiro atoms. The highest BCUT2D eigenvalue weighted by atomic mass is 32.1. The molecule has 0 saturated heterocycles. The highest BCUT2D eigenvalue weighted by Crippen LogP contribution is 2.15. The molecular formula is C16H20FN3O2S. The first-order chi connectivity index (χ1) is 11.0. The van der Waals surface area contributed by atoms with Gasteiger partial charge in [-0.3, -0.25) is 0 Å². The monoisotopic (exact) mass is 337 g/mol. The molecule has 5 nitrogen and oxygen atoms in total. The van der Waals surface area contributed by atoms with Crippen molar-refractivity contribution in [1.29, 1.82) is 0 Å². The van der Waals surface area contributed by atoms with Crippen molar-refractivity contribution in [3.63, 3.8) is 0 Å². The van der Waals surface area contributed by atoms with E-state index in [9.17, 15) is 9.18 Å². The zero-order valence-corrected chi connectivity index (χ0v) is 14.2. The Hall–Kier alpha value is -2.15. The maximum atomic E-state index is 13.4. The standard InChI is InChI=1S/C16H20FN3O2S/c1-11(9-22-15-7-5-4-6-14(15)17)18-16(21)20(3)8-13-10-23-12(2)19-13/h4-7,10-11H,8-9H2,1-3H3,(H,18,21). The third-order valence-electron chi connectivity index (χ3n) is 3.11. The fourth-order valence-corrected chi connectivity index (χ4v) is 2.54. The van der Waals surface area contributed by atoms with E-state index in [4.69, 9.17) is 4.74 Å². The summed E-state index contributed by atoms with van der Waals surface area (Å²) in [6, 6.07) is 5.72. The molecule has 2 rings (SSSR count). The average molecular weight is 337 g/mol. The van der Waals surface area contributed by atoms with Crippen LogP contribution in [0.3, 0.4) is 0 Å². The number of aryl methyl sites for hydroxylation is 1. The molecule has 2 amide bonds. The highest BCUT2D eigenvalue weighted by Gasteiger charge is 2.14. The fraction of sp³-hybridized carbons (Fsp3) is 0.375. The minimum atomic E-state index is -0.415. The number of nitrogens with one attached hydrogen (secondary N) is 1. The number of rotatable bonds is 6. The molecule has 124 valence electrons. The lowest BCUT2D eigenvalue weighted by atomic mass is 10.3. The second kappa shape index (κ2) is 7.92.